The molecular weight excluding hydrogens is 420 g/mol. The van der Waals surface area contributed by atoms with Crippen molar-refractivity contribution in [2.75, 3.05) is 15.4 Å². The van der Waals surface area contributed by atoms with Crippen LogP contribution in [0.2, 0.25) is 0 Å². The SMILES string of the molecule is Cc1cc(NS(=O)(=O)c2ccc(NC(=O)Nc3cccc4ccc(O)cc34)cc2)no1. The molecule has 0 saturated heterocycles. The molecule has 4 aromatic rings. The van der Waals surface area contributed by atoms with Gasteiger partial charge in [0.15, 0.2) is 5.82 Å². The van der Waals surface area contributed by atoms with E-state index in [1.165, 1.54) is 30.3 Å². The molecule has 0 aliphatic heterocycles. The molecule has 0 aliphatic carbocycles. The van der Waals surface area contributed by atoms with Crippen LogP contribution in [0.4, 0.5) is 22.0 Å². The number of nitrogens with zero attached hydrogens (tertiary/aromatic N) is 1. The first kappa shape index (κ1) is 20.2. The first-order valence-electron chi connectivity index (χ1n) is 9.16. The number of fused-ring (bicyclic) bond motifs is 1. The lowest BCUT2D eigenvalue weighted by Gasteiger charge is -2.11. The van der Waals surface area contributed by atoms with Gasteiger partial charge in [-0.2, -0.15) is 0 Å². The predicted octanol–water partition coefficient (Wildman–Crippen LogP) is 4.29. The van der Waals surface area contributed by atoms with Crippen molar-refractivity contribution in [1.29, 1.82) is 0 Å². The van der Waals surface area contributed by atoms with E-state index < -0.39 is 16.1 Å². The van der Waals surface area contributed by atoms with E-state index in [0.29, 0.717) is 22.5 Å². The number of sulfonamides is 1. The number of phenols is 1. The zero-order chi connectivity index (χ0) is 22.0. The number of aromatic nitrogens is 1. The average molecular weight is 438 g/mol. The molecule has 0 spiro atoms. The average Bonchev–Trinajstić information content (AvgIpc) is 3.12. The van der Waals surface area contributed by atoms with Gasteiger partial charge >= 0.3 is 6.03 Å². The van der Waals surface area contributed by atoms with Crippen molar-refractivity contribution < 1.29 is 22.8 Å². The summed E-state index contributed by atoms with van der Waals surface area (Å²) in [5.74, 6) is 0.651. The molecule has 0 saturated carbocycles. The van der Waals surface area contributed by atoms with Gasteiger partial charge in [-0.1, -0.05) is 23.4 Å². The first-order chi connectivity index (χ1) is 14.8. The third kappa shape index (κ3) is 4.59. The van der Waals surface area contributed by atoms with Crippen molar-refractivity contribution in [3.8, 4) is 5.75 Å². The highest BCUT2D eigenvalue weighted by atomic mass is 32.2. The summed E-state index contributed by atoms with van der Waals surface area (Å²) in [4.78, 5) is 12.4. The predicted molar refractivity (Wildman–Crippen MR) is 117 cm³/mol. The molecule has 2 amide bonds. The molecule has 10 heteroatoms. The number of phenolic OH excluding ortho intramolecular Hbond substituents is 1. The molecular formula is C21H18N4O5S. The van der Waals surface area contributed by atoms with Crippen molar-refractivity contribution in [2.24, 2.45) is 0 Å². The number of hydrogen-bond donors (Lipinski definition) is 4. The van der Waals surface area contributed by atoms with Gasteiger partial charge in [-0.15, -0.1) is 0 Å². The molecule has 1 heterocycles. The van der Waals surface area contributed by atoms with Gasteiger partial charge in [-0.3, -0.25) is 4.72 Å². The smallest absolute Gasteiger partial charge is 0.323 e. The molecule has 158 valence electrons. The quantitative estimate of drug-likeness (QED) is 0.367. The third-order valence-electron chi connectivity index (χ3n) is 4.40. The highest BCUT2D eigenvalue weighted by molar-refractivity contribution is 7.92. The van der Waals surface area contributed by atoms with Crippen LogP contribution in [0.3, 0.4) is 0 Å². The number of carbonyl (C=O) groups excluding carboxylic acids is 1. The van der Waals surface area contributed by atoms with E-state index in [0.717, 1.165) is 5.39 Å². The van der Waals surface area contributed by atoms with Gasteiger partial charge in [-0.25, -0.2) is 13.2 Å². The summed E-state index contributed by atoms with van der Waals surface area (Å²) in [7, 11) is -3.85. The summed E-state index contributed by atoms with van der Waals surface area (Å²) in [5.41, 5.74) is 0.925. The molecule has 31 heavy (non-hydrogen) atoms. The first-order valence-corrected chi connectivity index (χ1v) is 10.6. The summed E-state index contributed by atoms with van der Waals surface area (Å²) >= 11 is 0. The number of urea groups is 1. The molecule has 0 atom stereocenters. The van der Waals surface area contributed by atoms with Crippen molar-refractivity contribution in [1.82, 2.24) is 5.16 Å². The van der Waals surface area contributed by atoms with Crippen LogP contribution in [0.25, 0.3) is 10.8 Å². The molecule has 0 radical (unpaired) electrons. The molecule has 9 nitrogen and oxygen atoms in total. The fraction of sp³-hybridized carbons (Fsp3) is 0.0476. The van der Waals surface area contributed by atoms with Gasteiger partial charge in [0.25, 0.3) is 10.0 Å². The van der Waals surface area contributed by atoms with E-state index in [2.05, 4.69) is 20.5 Å². The molecule has 3 aromatic carbocycles. The Labute approximate surface area is 177 Å². The Morgan fingerprint density at radius 2 is 1.77 bits per heavy atom. The fourth-order valence-electron chi connectivity index (χ4n) is 2.98. The molecule has 4 rings (SSSR count). The third-order valence-corrected chi connectivity index (χ3v) is 5.77. The minimum absolute atomic E-state index is 0.00337. The number of amides is 2. The lowest BCUT2D eigenvalue weighted by molar-refractivity contribution is 0.262. The number of benzene rings is 3. The van der Waals surface area contributed by atoms with E-state index in [4.69, 9.17) is 4.52 Å². The van der Waals surface area contributed by atoms with Crippen LogP contribution in [0.5, 0.6) is 5.75 Å². The van der Waals surface area contributed by atoms with E-state index in [1.54, 1.807) is 37.3 Å². The Morgan fingerprint density at radius 3 is 2.48 bits per heavy atom. The normalized spacial score (nSPS) is 11.3. The van der Waals surface area contributed by atoms with Crippen molar-refractivity contribution in [3.05, 3.63) is 72.5 Å². The maximum atomic E-state index is 12.4. The number of hydrogen-bond acceptors (Lipinski definition) is 6. The maximum Gasteiger partial charge on any atom is 0.323 e. The largest absolute Gasteiger partial charge is 0.508 e. The number of anilines is 3. The Kier molecular flexibility index (Phi) is 5.22. The Hall–Kier alpha value is -4.05. The minimum Gasteiger partial charge on any atom is -0.508 e. The van der Waals surface area contributed by atoms with Crippen molar-refractivity contribution in [2.45, 2.75) is 11.8 Å². The van der Waals surface area contributed by atoms with Crippen LogP contribution in [0.15, 0.2) is 76.1 Å². The van der Waals surface area contributed by atoms with E-state index in [-0.39, 0.29) is 16.5 Å². The molecule has 0 bridgehead atoms. The van der Waals surface area contributed by atoms with Crippen molar-refractivity contribution in [3.63, 3.8) is 0 Å². The summed E-state index contributed by atoms with van der Waals surface area (Å²) < 4.78 is 32.0. The van der Waals surface area contributed by atoms with Crippen LogP contribution >= 0.6 is 0 Å². The molecule has 0 unspecified atom stereocenters. The molecule has 0 aliphatic rings. The monoisotopic (exact) mass is 438 g/mol. The van der Waals surface area contributed by atoms with Gasteiger partial charge in [0, 0.05) is 17.1 Å². The fourth-order valence-corrected chi connectivity index (χ4v) is 3.97. The van der Waals surface area contributed by atoms with Gasteiger partial charge < -0.3 is 20.3 Å². The van der Waals surface area contributed by atoms with Crippen LogP contribution in [-0.2, 0) is 10.0 Å². The number of nitrogens with one attached hydrogen (secondary N) is 3. The number of carbonyl (C=O) groups is 1. The van der Waals surface area contributed by atoms with Crippen LogP contribution in [0, 0.1) is 6.92 Å². The highest BCUT2D eigenvalue weighted by Gasteiger charge is 2.16. The summed E-state index contributed by atoms with van der Waals surface area (Å²) in [6.07, 6.45) is 0. The van der Waals surface area contributed by atoms with E-state index in [9.17, 15) is 18.3 Å². The Balaban J connectivity index is 1.45. The number of aromatic hydroxyl groups is 1. The lowest BCUT2D eigenvalue weighted by atomic mass is 10.1. The van der Waals surface area contributed by atoms with Gasteiger partial charge in [0.05, 0.1) is 10.6 Å². The van der Waals surface area contributed by atoms with Crippen LogP contribution < -0.4 is 15.4 Å². The molecule has 4 N–H and O–H groups in total. The molecule has 1 aromatic heterocycles. The van der Waals surface area contributed by atoms with Crippen LogP contribution in [-0.4, -0.2) is 24.7 Å². The van der Waals surface area contributed by atoms with Gasteiger partial charge in [0.1, 0.15) is 11.5 Å². The minimum atomic E-state index is -3.85. The second-order valence-electron chi connectivity index (χ2n) is 6.74. The second kappa shape index (κ2) is 8.00. The maximum absolute atomic E-state index is 12.4. The lowest BCUT2D eigenvalue weighted by Crippen LogP contribution is -2.19. The van der Waals surface area contributed by atoms with E-state index in [1.807, 2.05) is 6.07 Å². The zero-order valence-electron chi connectivity index (χ0n) is 16.3. The zero-order valence-corrected chi connectivity index (χ0v) is 17.1. The highest BCUT2D eigenvalue weighted by Crippen LogP contribution is 2.27. The van der Waals surface area contributed by atoms with Gasteiger partial charge in [-0.05, 0) is 54.8 Å². The summed E-state index contributed by atoms with van der Waals surface area (Å²) in [6.45, 7) is 1.65. The van der Waals surface area contributed by atoms with Crippen LogP contribution in [0.1, 0.15) is 5.76 Å². The topological polar surface area (TPSA) is 134 Å². The number of aryl methyl sites for hydroxylation is 1. The van der Waals surface area contributed by atoms with Crippen molar-refractivity contribution >= 4 is 44.0 Å². The summed E-state index contributed by atoms with van der Waals surface area (Å²) in [5, 5.41) is 20.2. The second-order valence-corrected chi connectivity index (χ2v) is 8.43. The number of rotatable bonds is 5. The van der Waals surface area contributed by atoms with Gasteiger partial charge in [0.2, 0.25) is 0 Å². The Morgan fingerprint density at radius 1 is 1.00 bits per heavy atom. The standard InChI is InChI=1S/C21H18N4O5S/c1-13-11-20(24-30-13)25-31(28,29)17-9-6-15(7-10-17)22-21(27)23-19-4-2-3-14-5-8-16(26)12-18(14)19/h2-12,26H,1H3,(H,24,25)(H2,22,23,27). The van der Waals surface area contributed by atoms with E-state index >= 15 is 0 Å². The Bertz CT molecular complexity index is 1360. The molecule has 0 fully saturated rings. The summed E-state index contributed by atoms with van der Waals surface area (Å²) in [6, 6.07) is 16.9.